The van der Waals surface area contributed by atoms with E-state index in [-0.39, 0.29) is 6.04 Å². The summed E-state index contributed by atoms with van der Waals surface area (Å²) in [6.07, 6.45) is -4.28. The van der Waals surface area contributed by atoms with Crippen molar-refractivity contribution in [3.63, 3.8) is 0 Å². The molecule has 1 aromatic carbocycles. The highest BCUT2D eigenvalue weighted by molar-refractivity contribution is 7.10. The van der Waals surface area contributed by atoms with Crippen molar-refractivity contribution in [2.24, 2.45) is 0 Å². The van der Waals surface area contributed by atoms with Crippen molar-refractivity contribution in [3.8, 4) is 0 Å². The van der Waals surface area contributed by atoms with E-state index in [4.69, 9.17) is 0 Å². The second kappa shape index (κ2) is 5.97. The number of nitrogens with zero attached hydrogens (tertiary/aromatic N) is 1. The van der Waals surface area contributed by atoms with Crippen LogP contribution in [0.4, 0.5) is 13.2 Å². The molecule has 0 amide bonds. The minimum absolute atomic E-state index is 0.185. The third kappa shape index (κ3) is 3.61. The van der Waals surface area contributed by atoms with E-state index in [9.17, 15) is 13.2 Å². The SMILES string of the molecule is CC(c1cccs1)N(C)Cc1cccc(C(F)(F)F)c1. The number of thiophene rings is 1. The molecule has 0 aliphatic heterocycles. The molecular formula is C15H16F3NS. The first-order chi connectivity index (χ1) is 9.38. The van der Waals surface area contributed by atoms with E-state index >= 15 is 0 Å². The zero-order valence-electron chi connectivity index (χ0n) is 11.3. The van der Waals surface area contributed by atoms with E-state index < -0.39 is 11.7 Å². The van der Waals surface area contributed by atoms with Crippen LogP contribution in [0.2, 0.25) is 0 Å². The number of rotatable bonds is 4. The molecule has 0 saturated carbocycles. The van der Waals surface area contributed by atoms with Gasteiger partial charge in [-0.25, -0.2) is 0 Å². The highest BCUT2D eigenvalue weighted by Crippen LogP contribution is 2.30. The van der Waals surface area contributed by atoms with Gasteiger partial charge in [-0.2, -0.15) is 13.2 Å². The maximum Gasteiger partial charge on any atom is 0.416 e. The number of hydrogen-bond donors (Lipinski definition) is 0. The molecule has 0 N–H and O–H groups in total. The molecule has 1 unspecified atom stereocenters. The standard InChI is InChI=1S/C15H16F3NS/c1-11(14-7-4-8-20-14)19(2)10-12-5-3-6-13(9-12)15(16,17)18/h3-9,11H,10H2,1-2H3. The molecule has 0 radical (unpaired) electrons. The van der Waals surface area contributed by atoms with E-state index in [2.05, 4.69) is 6.92 Å². The van der Waals surface area contributed by atoms with Gasteiger partial charge in [-0.15, -0.1) is 11.3 Å². The number of alkyl halides is 3. The molecule has 0 saturated heterocycles. The van der Waals surface area contributed by atoms with Crippen LogP contribution in [-0.4, -0.2) is 11.9 Å². The summed E-state index contributed by atoms with van der Waals surface area (Å²) in [5, 5.41) is 2.00. The Morgan fingerprint density at radius 2 is 1.95 bits per heavy atom. The molecule has 1 heterocycles. The van der Waals surface area contributed by atoms with E-state index in [0.29, 0.717) is 12.1 Å². The highest BCUT2D eigenvalue weighted by Gasteiger charge is 2.30. The molecule has 1 atom stereocenters. The van der Waals surface area contributed by atoms with Gasteiger partial charge in [-0.05, 0) is 37.0 Å². The average Bonchev–Trinajstić information content (AvgIpc) is 2.91. The fraction of sp³-hybridized carbons (Fsp3) is 0.333. The minimum atomic E-state index is -4.28. The van der Waals surface area contributed by atoms with Gasteiger partial charge >= 0.3 is 6.18 Å². The van der Waals surface area contributed by atoms with Crippen LogP contribution < -0.4 is 0 Å². The van der Waals surface area contributed by atoms with Gasteiger partial charge in [-0.3, -0.25) is 4.90 Å². The summed E-state index contributed by atoms with van der Waals surface area (Å²) in [5.41, 5.74) is 0.0814. The van der Waals surface area contributed by atoms with Gasteiger partial charge < -0.3 is 0 Å². The van der Waals surface area contributed by atoms with Crippen LogP contribution in [0.5, 0.6) is 0 Å². The van der Waals surface area contributed by atoms with Crippen molar-refractivity contribution in [2.75, 3.05) is 7.05 Å². The normalized spacial score (nSPS) is 13.7. The number of hydrogen-bond acceptors (Lipinski definition) is 2. The van der Waals surface area contributed by atoms with Crippen molar-refractivity contribution in [2.45, 2.75) is 25.7 Å². The molecule has 2 aromatic rings. The molecule has 0 aliphatic carbocycles. The van der Waals surface area contributed by atoms with E-state index in [1.165, 1.54) is 17.0 Å². The Labute approximate surface area is 120 Å². The fourth-order valence-electron chi connectivity index (χ4n) is 2.02. The van der Waals surface area contributed by atoms with Crippen LogP contribution in [0.15, 0.2) is 41.8 Å². The first kappa shape index (κ1) is 15.1. The van der Waals surface area contributed by atoms with Crippen LogP contribution in [-0.2, 0) is 12.7 Å². The van der Waals surface area contributed by atoms with Crippen LogP contribution in [0.25, 0.3) is 0 Å². The van der Waals surface area contributed by atoms with Crippen molar-refractivity contribution < 1.29 is 13.2 Å². The lowest BCUT2D eigenvalue weighted by atomic mass is 10.1. The lowest BCUT2D eigenvalue weighted by molar-refractivity contribution is -0.137. The summed E-state index contributed by atoms with van der Waals surface area (Å²) in [5.74, 6) is 0. The van der Waals surface area contributed by atoms with Crippen LogP contribution in [0, 0.1) is 0 Å². The maximum atomic E-state index is 12.7. The van der Waals surface area contributed by atoms with E-state index in [0.717, 1.165) is 6.07 Å². The molecule has 108 valence electrons. The molecule has 0 spiro atoms. The average molecular weight is 299 g/mol. The van der Waals surface area contributed by atoms with E-state index in [1.807, 2.05) is 29.5 Å². The molecule has 2 rings (SSSR count). The topological polar surface area (TPSA) is 3.24 Å². The molecule has 1 aromatic heterocycles. The Morgan fingerprint density at radius 1 is 1.20 bits per heavy atom. The first-order valence-corrected chi connectivity index (χ1v) is 7.15. The van der Waals surface area contributed by atoms with Gasteiger partial charge in [0, 0.05) is 17.5 Å². The van der Waals surface area contributed by atoms with Gasteiger partial charge in [0.05, 0.1) is 5.56 Å². The smallest absolute Gasteiger partial charge is 0.295 e. The van der Waals surface area contributed by atoms with Crippen molar-refractivity contribution in [1.29, 1.82) is 0 Å². The zero-order valence-corrected chi connectivity index (χ0v) is 12.1. The van der Waals surface area contributed by atoms with Gasteiger partial charge in [0.1, 0.15) is 0 Å². The molecule has 0 aliphatic rings. The third-order valence-corrected chi connectivity index (χ3v) is 4.34. The molecule has 0 fully saturated rings. The Bertz CT molecular complexity index is 548. The summed E-state index contributed by atoms with van der Waals surface area (Å²) in [6, 6.07) is 9.72. The third-order valence-electron chi connectivity index (χ3n) is 3.30. The van der Waals surface area contributed by atoms with E-state index in [1.54, 1.807) is 17.4 Å². The van der Waals surface area contributed by atoms with Gasteiger partial charge in [0.15, 0.2) is 0 Å². The monoisotopic (exact) mass is 299 g/mol. The van der Waals surface area contributed by atoms with Crippen LogP contribution in [0.1, 0.15) is 29.0 Å². The summed E-state index contributed by atoms with van der Waals surface area (Å²) >= 11 is 1.66. The van der Waals surface area contributed by atoms with Crippen LogP contribution in [0.3, 0.4) is 0 Å². The highest BCUT2D eigenvalue weighted by atomic mass is 32.1. The summed E-state index contributed by atoms with van der Waals surface area (Å²) in [7, 11) is 1.92. The summed E-state index contributed by atoms with van der Waals surface area (Å²) in [4.78, 5) is 3.25. The molecule has 20 heavy (non-hydrogen) atoms. The summed E-state index contributed by atoms with van der Waals surface area (Å²) in [6.45, 7) is 2.54. The van der Waals surface area contributed by atoms with Gasteiger partial charge in [0.2, 0.25) is 0 Å². The minimum Gasteiger partial charge on any atom is -0.295 e. The van der Waals surface area contributed by atoms with Gasteiger partial charge in [-0.1, -0.05) is 24.3 Å². The summed E-state index contributed by atoms with van der Waals surface area (Å²) < 4.78 is 38.0. The fourth-order valence-corrected chi connectivity index (χ4v) is 2.87. The largest absolute Gasteiger partial charge is 0.416 e. The van der Waals surface area contributed by atoms with Crippen LogP contribution >= 0.6 is 11.3 Å². The Kier molecular flexibility index (Phi) is 4.50. The van der Waals surface area contributed by atoms with Crippen molar-refractivity contribution in [1.82, 2.24) is 4.90 Å². The molecule has 0 bridgehead atoms. The first-order valence-electron chi connectivity index (χ1n) is 6.27. The Balaban J connectivity index is 2.10. The lowest BCUT2D eigenvalue weighted by Crippen LogP contribution is -2.21. The maximum absolute atomic E-state index is 12.7. The second-order valence-corrected chi connectivity index (χ2v) is 5.78. The Hall–Kier alpha value is -1.33. The number of benzene rings is 1. The molecular weight excluding hydrogens is 283 g/mol. The lowest BCUT2D eigenvalue weighted by Gasteiger charge is -2.24. The quantitative estimate of drug-likeness (QED) is 0.771. The van der Waals surface area contributed by atoms with Crippen molar-refractivity contribution >= 4 is 11.3 Å². The Morgan fingerprint density at radius 3 is 2.55 bits per heavy atom. The zero-order chi connectivity index (χ0) is 14.8. The molecule has 1 nitrogen and oxygen atoms in total. The second-order valence-electron chi connectivity index (χ2n) is 4.80. The predicted octanol–water partition coefficient (Wildman–Crippen LogP) is 4.96. The molecule has 5 heteroatoms. The predicted molar refractivity (Wildman–Crippen MR) is 75.6 cm³/mol. The van der Waals surface area contributed by atoms with Crippen molar-refractivity contribution in [3.05, 3.63) is 57.8 Å². The van der Waals surface area contributed by atoms with Gasteiger partial charge in [0.25, 0.3) is 0 Å². The number of halogens is 3.